The van der Waals surface area contributed by atoms with Gasteiger partial charge in [-0.2, -0.15) is 0 Å². The third kappa shape index (κ3) is 2.58. The lowest BCUT2D eigenvalue weighted by Crippen LogP contribution is -2.57. The average Bonchev–Trinajstić information content (AvgIpc) is 2.85. The molecule has 0 heterocycles. The summed E-state index contributed by atoms with van der Waals surface area (Å²) in [5.41, 5.74) is 0.283. The maximum absolute atomic E-state index is 11.5. The molecule has 0 spiro atoms. The van der Waals surface area contributed by atoms with Gasteiger partial charge in [0.2, 0.25) is 0 Å². The molecule has 0 amide bonds. The molecule has 0 saturated heterocycles. The Hall–Kier alpha value is -0.610. The minimum absolute atomic E-state index is 0.0836. The summed E-state index contributed by atoms with van der Waals surface area (Å²) in [6.45, 7) is 6.26. The summed E-state index contributed by atoms with van der Waals surface area (Å²) < 4.78 is 5.71. The van der Waals surface area contributed by atoms with Gasteiger partial charge >= 0.3 is 5.97 Å². The van der Waals surface area contributed by atoms with Gasteiger partial charge in [-0.25, -0.2) is 0 Å². The smallest absolute Gasteiger partial charge is 0.302 e. The van der Waals surface area contributed by atoms with Gasteiger partial charge in [-0.05, 0) is 80.5 Å². The molecule has 25 heavy (non-hydrogen) atoms. The minimum Gasteiger partial charge on any atom is -0.462 e. The molecule has 4 nitrogen and oxygen atoms in total. The number of carbonyl (C=O) groups excluding carboxylic acids is 1. The normalized spacial score (nSPS) is 55.0. The van der Waals surface area contributed by atoms with Crippen LogP contribution in [-0.4, -0.2) is 34.5 Å². The number of fused-ring (bicyclic) bond motifs is 5. The minimum atomic E-state index is -0.564. The zero-order chi connectivity index (χ0) is 18.0. The van der Waals surface area contributed by atoms with E-state index < -0.39 is 12.2 Å². The van der Waals surface area contributed by atoms with Crippen molar-refractivity contribution < 1.29 is 19.7 Å². The van der Waals surface area contributed by atoms with E-state index in [0.717, 1.165) is 25.7 Å². The van der Waals surface area contributed by atoms with Gasteiger partial charge in [-0.3, -0.25) is 4.79 Å². The molecule has 4 rings (SSSR count). The fourth-order valence-electron chi connectivity index (χ4n) is 7.62. The van der Waals surface area contributed by atoms with Gasteiger partial charge < -0.3 is 14.9 Å². The molecule has 0 bridgehead atoms. The molecule has 4 saturated carbocycles. The van der Waals surface area contributed by atoms with E-state index in [9.17, 15) is 15.0 Å². The lowest BCUT2D eigenvalue weighted by Gasteiger charge is -2.61. The Balaban J connectivity index is 1.58. The average molecular weight is 350 g/mol. The van der Waals surface area contributed by atoms with E-state index in [1.165, 1.54) is 32.6 Å². The Bertz CT molecular complexity index is 548. The number of aliphatic hydroxyl groups is 2. The Kier molecular flexibility index (Phi) is 4.23. The van der Waals surface area contributed by atoms with Gasteiger partial charge in [0.05, 0.1) is 12.2 Å². The largest absolute Gasteiger partial charge is 0.462 e. The lowest BCUT2D eigenvalue weighted by molar-refractivity contribution is -0.173. The first kappa shape index (κ1) is 17.8. The number of carbonyl (C=O) groups is 1. The number of esters is 1. The van der Waals surface area contributed by atoms with Gasteiger partial charge in [-0.15, -0.1) is 0 Å². The van der Waals surface area contributed by atoms with Crippen LogP contribution in [0.25, 0.3) is 0 Å². The first-order valence-corrected chi connectivity index (χ1v) is 10.3. The molecule has 0 aromatic rings. The Morgan fingerprint density at radius 1 is 0.960 bits per heavy atom. The molecule has 0 radical (unpaired) electrons. The van der Waals surface area contributed by atoms with E-state index in [1.807, 2.05) is 0 Å². The molecule has 0 unspecified atom stereocenters. The Morgan fingerprint density at radius 3 is 2.40 bits per heavy atom. The van der Waals surface area contributed by atoms with Crippen LogP contribution in [0.2, 0.25) is 0 Å². The van der Waals surface area contributed by atoms with E-state index in [1.54, 1.807) is 0 Å². The van der Waals surface area contributed by atoms with Gasteiger partial charge in [0.1, 0.15) is 6.10 Å². The Labute approximate surface area is 151 Å². The van der Waals surface area contributed by atoms with E-state index >= 15 is 0 Å². The van der Waals surface area contributed by atoms with Crippen LogP contribution in [0.4, 0.5) is 0 Å². The Morgan fingerprint density at radius 2 is 1.68 bits per heavy atom. The number of hydrogen-bond donors (Lipinski definition) is 2. The summed E-state index contributed by atoms with van der Waals surface area (Å²) >= 11 is 0. The predicted molar refractivity (Wildman–Crippen MR) is 94.7 cm³/mol. The van der Waals surface area contributed by atoms with E-state index in [2.05, 4.69) is 13.8 Å². The van der Waals surface area contributed by atoms with E-state index in [0.29, 0.717) is 23.7 Å². The van der Waals surface area contributed by atoms with Crippen LogP contribution < -0.4 is 0 Å². The van der Waals surface area contributed by atoms with Crippen molar-refractivity contribution in [2.75, 3.05) is 0 Å². The van der Waals surface area contributed by atoms with Crippen molar-refractivity contribution in [1.29, 1.82) is 0 Å². The summed E-state index contributed by atoms with van der Waals surface area (Å²) in [4.78, 5) is 11.5. The summed E-state index contributed by atoms with van der Waals surface area (Å²) in [6, 6.07) is 0. The van der Waals surface area contributed by atoms with Crippen LogP contribution >= 0.6 is 0 Å². The van der Waals surface area contributed by atoms with Crippen molar-refractivity contribution in [3.8, 4) is 0 Å². The van der Waals surface area contributed by atoms with Gasteiger partial charge in [0.25, 0.3) is 0 Å². The molecule has 0 aliphatic heterocycles. The van der Waals surface area contributed by atoms with Crippen molar-refractivity contribution in [3.05, 3.63) is 0 Å². The highest BCUT2D eigenvalue weighted by molar-refractivity contribution is 5.66. The van der Waals surface area contributed by atoms with E-state index in [-0.39, 0.29) is 22.9 Å². The molecule has 2 N–H and O–H groups in total. The van der Waals surface area contributed by atoms with Crippen LogP contribution in [0.15, 0.2) is 0 Å². The second-order valence-corrected chi connectivity index (χ2v) is 9.95. The standard InChI is InChI=1S/C21H34O4/c1-12(22)25-19-7-6-15-14-5-4-13-10-17(23)18(24)11-21(13,3)16(14)8-9-20(15,19)2/h13-19,23-24H,4-11H2,1-3H3/t13-,14-,15-,16-,17-,18+,19-,20-,21-/m0/s1. The van der Waals surface area contributed by atoms with Crippen LogP contribution in [-0.2, 0) is 9.53 Å². The fourth-order valence-corrected chi connectivity index (χ4v) is 7.62. The fraction of sp³-hybridized carbons (Fsp3) is 0.952. The molecule has 4 heteroatoms. The summed E-state index contributed by atoms with van der Waals surface area (Å²) in [7, 11) is 0. The topological polar surface area (TPSA) is 66.8 Å². The van der Waals surface area contributed by atoms with Crippen molar-refractivity contribution >= 4 is 5.97 Å². The molecule has 0 aromatic carbocycles. The van der Waals surface area contributed by atoms with Crippen LogP contribution in [0.1, 0.15) is 72.1 Å². The molecule has 4 fully saturated rings. The molecule has 0 aromatic heterocycles. The zero-order valence-corrected chi connectivity index (χ0v) is 15.9. The van der Waals surface area contributed by atoms with Crippen LogP contribution in [0, 0.1) is 34.5 Å². The number of rotatable bonds is 1. The molecular weight excluding hydrogens is 316 g/mol. The first-order chi connectivity index (χ1) is 11.8. The third-order valence-corrected chi connectivity index (χ3v) is 8.91. The summed E-state index contributed by atoms with van der Waals surface area (Å²) in [6.07, 6.45) is 7.37. The summed E-state index contributed by atoms with van der Waals surface area (Å²) in [5, 5.41) is 20.5. The van der Waals surface area contributed by atoms with Crippen molar-refractivity contribution in [2.45, 2.75) is 90.4 Å². The molecular formula is C21H34O4. The van der Waals surface area contributed by atoms with Crippen LogP contribution in [0.3, 0.4) is 0 Å². The van der Waals surface area contributed by atoms with Gasteiger partial charge in [0, 0.05) is 12.3 Å². The monoisotopic (exact) mass is 350 g/mol. The van der Waals surface area contributed by atoms with Crippen molar-refractivity contribution in [1.82, 2.24) is 0 Å². The third-order valence-electron chi connectivity index (χ3n) is 8.91. The molecule has 142 valence electrons. The predicted octanol–water partition coefficient (Wildman–Crippen LogP) is 3.29. The number of hydrogen-bond acceptors (Lipinski definition) is 4. The van der Waals surface area contributed by atoms with E-state index in [4.69, 9.17) is 4.74 Å². The SMILES string of the molecule is CC(=O)O[C@H]1CC[C@H]2[C@@H]3CC[C@H]4C[C@H](O)[C@H](O)C[C@]4(C)[C@H]3CC[C@]12C. The molecule has 4 aliphatic rings. The maximum atomic E-state index is 11.5. The van der Waals surface area contributed by atoms with Crippen molar-refractivity contribution in [2.24, 2.45) is 34.5 Å². The van der Waals surface area contributed by atoms with Crippen molar-refractivity contribution in [3.63, 3.8) is 0 Å². The highest BCUT2D eigenvalue weighted by Gasteiger charge is 2.61. The number of aliphatic hydroxyl groups excluding tert-OH is 2. The van der Waals surface area contributed by atoms with Crippen LogP contribution in [0.5, 0.6) is 0 Å². The zero-order valence-electron chi connectivity index (χ0n) is 15.9. The lowest BCUT2D eigenvalue weighted by atomic mass is 9.45. The van der Waals surface area contributed by atoms with Gasteiger partial charge in [-0.1, -0.05) is 13.8 Å². The molecule has 9 atom stereocenters. The quantitative estimate of drug-likeness (QED) is 0.712. The first-order valence-electron chi connectivity index (χ1n) is 10.3. The molecule has 4 aliphatic carbocycles. The second kappa shape index (κ2) is 5.95. The number of ether oxygens (including phenoxy) is 1. The highest BCUT2D eigenvalue weighted by atomic mass is 16.5. The summed E-state index contributed by atoms with van der Waals surface area (Å²) in [5.74, 6) is 2.36. The maximum Gasteiger partial charge on any atom is 0.302 e. The second-order valence-electron chi connectivity index (χ2n) is 9.95. The highest BCUT2D eigenvalue weighted by Crippen LogP contribution is 2.66. The van der Waals surface area contributed by atoms with Gasteiger partial charge in [0.15, 0.2) is 0 Å².